The first-order chi connectivity index (χ1) is 19.3. The van der Waals surface area contributed by atoms with Gasteiger partial charge in [0.25, 0.3) is 11.8 Å². The van der Waals surface area contributed by atoms with Gasteiger partial charge in [0.15, 0.2) is 29.1 Å². The average molecular weight is 570 g/mol. The van der Waals surface area contributed by atoms with E-state index in [2.05, 4.69) is 35.8 Å². The molecule has 1 unspecified atom stereocenters. The van der Waals surface area contributed by atoms with E-state index in [9.17, 15) is 9.59 Å². The predicted molar refractivity (Wildman–Crippen MR) is 153 cm³/mol. The number of nitrogens with one attached hydrogen (secondary N) is 3. The van der Waals surface area contributed by atoms with Crippen LogP contribution in [0, 0.1) is 0 Å². The summed E-state index contributed by atoms with van der Waals surface area (Å²) in [7, 11) is 3.54. The molecule has 214 valence electrons. The van der Waals surface area contributed by atoms with Crippen molar-refractivity contribution in [2.45, 2.75) is 38.3 Å². The van der Waals surface area contributed by atoms with E-state index in [0.717, 1.165) is 51.1 Å². The van der Waals surface area contributed by atoms with Gasteiger partial charge in [0.2, 0.25) is 0 Å². The number of nitrogens with zero attached hydrogens (tertiary/aromatic N) is 5. The molecule has 4 rings (SSSR count). The topological polar surface area (TPSA) is 152 Å². The standard InChI is InChI=1S/C27H36ClN9O3/c1-30-26-23(34-24(28)25(29)35-26)27(39)33-19-6-4-13-37(16-19)12-3-5-18-7-9-20(10-8-18)40-17-22(38)32-15-21-31-11-14-36(21)2/h7-11,14,19H,3-6,12-13,15-17H2,1-2H3,(H,32,38)(H,33,39)(H3,29,30,35). The number of benzene rings is 1. The number of hydrogen-bond acceptors (Lipinski definition) is 9. The van der Waals surface area contributed by atoms with Crippen molar-refractivity contribution < 1.29 is 14.3 Å². The molecule has 2 amide bonds. The number of amides is 2. The van der Waals surface area contributed by atoms with E-state index >= 15 is 0 Å². The number of carbonyl (C=O) groups excluding carboxylic acids is 2. The number of carbonyl (C=O) groups is 2. The monoisotopic (exact) mass is 569 g/mol. The van der Waals surface area contributed by atoms with Crippen molar-refractivity contribution >= 4 is 35.1 Å². The second-order valence-electron chi connectivity index (χ2n) is 9.73. The molecule has 3 aromatic rings. The Morgan fingerprint density at radius 3 is 2.75 bits per heavy atom. The van der Waals surface area contributed by atoms with Crippen LogP contribution in [0.1, 0.15) is 41.1 Å². The van der Waals surface area contributed by atoms with Crippen LogP contribution in [0.3, 0.4) is 0 Å². The highest BCUT2D eigenvalue weighted by Crippen LogP contribution is 2.20. The zero-order valence-electron chi connectivity index (χ0n) is 22.8. The molecule has 1 aliphatic rings. The van der Waals surface area contributed by atoms with Gasteiger partial charge in [-0.25, -0.2) is 15.0 Å². The Morgan fingerprint density at radius 2 is 2.02 bits per heavy atom. The number of aryl methyl sites for hydroxylation is 2. The minimum Gasteiger partial charge on any atom is -0.484 e. The molecule has 0 spiro atoms. The summed E-state index contributed by atoms with van der Waals surface area (Å²) in [5.41, 5.74) is 7.04. The molecule has 2 aromatic heterocycles. The van der Waals surface area contributed by atoms with Crippen molar-refractivity contribution in [1.29, 1.82) is 0 Å². The molecule has 0 saturated carbocycles. The van der Waals surface area contributed by atoms with Crippen LogP contribution >= 0.6 is 11.6 Å². The highest BCUT2D eigenvalue weighted by molar-refractivity contribution is 6.31. The number of hydrogen-bond donors (Lipinski definition) is 4. The molecule has 12 nitrogen and oxygen atoms in total. The van der Waals surface area contributed by atoms with Crippen LogP contribution in [-0.4, -0.2) is 75.6 Å². The van der Waals surface area contributed by atoms with Crippen LogP contribution in [0.25, 0.3) is 0 Å². The molecule has 1 aromatic carbocycles. The second kappa shape index (κ2) is 13.9. The Kier molecular flexibility index (Phi) is 10.1. The molecule has 5 N–H and O–H groups in total. The fourth-order valence-electron chi connectivity index (χ4n) is 4.59. The summed E-state index contributed by atoms with van der Waals surface area (Å²) in [6.07, 6.45) is 7.33. The van der Waals surface area contributed by atoms with E-state index in [1.807, 2.05) is 42.1 Å². The van der Waals surface area contributed by atoms with Crippen LogP contribution in [-0.2, 0) is 24.8 Å². The Labute approximate surface area is 238 Å². The van der Waals surface area contributed by atoms with Crippen LogP contribution in [0.15, 0.2) is 36.7 Å². The van der Waals surface area contributed by atoms with Gasteiger partial charge in [-0.05, 0) is 56.5 Å². The second-order valence-corrected chi connectivity index (χ2v) is 10.1. The van der Waals surface area contributed by atoms with Gasteiger partial charge in [0.1, 0.15) is 11.6 Å². The summed E-state index contributed by atoms with van der Waals surface area (Å²) in [5.74, 6) is 1.29. The van der Waals surface area contributed by atoms with Crippen molar-refractivity contribution in [3.05, 3.63) is 58.9 Å². The van der Waals surface area contributed by atoms with Gasteiger partial charge >= 0.3 is 0 Å². The third kappa shape index (κ3) is 8.06. The molecule has 1 fully saturated rings. The average Bonchev–Trinajstić information content (AvgIpc) is 3.37. The van der Waals surface area contributed by atoms with Gasteiger partial charge in [-0.1, -0.05) is 23.7 Å². The predicted octanol–water partition coefficient (Wildman–Crippen LogP) is 2.01. The van der Waals surface area contributed by atoms with Gasteiger partial charge in [0, 0.05) is 39.1 Å². The number of rotatable bonds is 12. The number of ether oxygens (including phenoxy) is 1. The van der Waals surface area contributed by atoms with Gasteiger partial charge in [0.05, 0.1) is 6.54 Å². The lowest BCUT2D eigenvalue weighted by molar-refractivity contribution is -0.123. The highest BCUT2D eigenvalue weighted by Gasteiger charge is 2.24. The van der Waals surface area contributed by atoms with Crippen LogP contribution < -0.4 is 26.4 Å². The first kappa shape index (κ1) is 29.1. The number of nitrogens with two attached hydrogens (primary N) is 1. The lowest BCUT2D eigenvalue weighted by atomic mass is 10.0. The van der Waals surface area contributed by atoms with E-state index in [4.69, 9.17) is 22.1 Å². The number of anilines is 2. The molecule has 1 atom stereocenters. The Hall–Kier alpha value is -3.90. The first-order valence-corrected chi connectivity index (χ1v) is 13.7. The van der Waals surface area contributed by atoms with Crippen molar-refractivity contribution in [2.24, 2.45) is 7.05 Å². The number of imidazole rings is 1. The number of aromatic nitrogens is 4. The fraction of sp³-hybridized carbons (Fsp3) is 0.444. The highest BCUT2D eigenvalue weighted by atomic mass is 35.5. The van der Waals surface area contributed by atoms with Gasteiger partial charge < -0.3 is 35.9 Å². The summed E-state index contributed by atoms with van der Waals surface area (Å²) in [4.78, 5) is 39.7. The van der Waals surface area contributed by atoms with E-state index in [0.29, 0.717) is 18.1 Å². The third-order valence-corrected chi connectivity index (χ3v) is 7.05. The van der Waals surface area contributed by atoms with Crippen molar-refractivity contribution in [2.75, 3.05) is 44.3 Å². The van der Waals surface area contributed by atoms with Crippen LogP contribution in [0.5, 0.6) is 5.75 Å². The van der Waals surface area contributed by atoms with E-state index in [-0.39, 0.29) is 41.1 Å². The molecular weight excluding hydrogens is 534 g/mol. The maximum absolute atomic E-state index is 12.9. The van der Waals surface area contributed by atoms with Crippen molar-refractivity contribution in [3.63, 3.8) is 0 Å². The number of piperidine rings is 1. The Morgan fingerprint density at radius 1 is 1.23 bits per heavy atom. The van der Waals surface area contributed by atoms with Crippen LogP contribution in [0.4, 0.5) is 11.6 Å². The summed E-state index contributed by atoms with van der Waals surface area (Å²) >= 11 is 5.99. The zero-order valence-corrected chi connectivity index (χ0v) is 23.6. The summed E-state index contributed by atoms with van der Waals surface area (Å²) in [6, 6.07) is 7.84. The molecule has 0 bridgehead atoms. The lowest BCUT2D eigenvalue weighted by Crippen LogP contribution is -2.48. The Bertz CT molecular complexity index is 1300. The molecule has 1 saturated heterocycles. The molecule has 13 heteroatoms. The normalized spacial score (nSPS) is 15.4. The van der Waals surface area contributed by atoms with Gasteiger partial charge in [-0.15, -0.1) is 0 Å². The van der Waals surface area contributed by atoms with Gasteiger partial charge in [-0.3, -0.25) is 9.59 Å². The third-order valence-electron chi connectivity index (χ3n) is 6.77. The number of nitrogen functional groups attached to an aromatic ring is 1. The lowest BCUT2D eigenvalue weighted by Gasteiger charge is -2.33. The summed E-state index contributed by atoms with van der Waals surface area (Å²) < 4.78 is 7.47. The maximum atomic E-state index is 12.9. The summed E-state index contributed by atoms with van der Waals surface area (Å²) in [5, 5.41) is 8.73. The molecule has 40 heavy (non-hydrogen) atoms. The fourth-order valence-corrected chi connectivity index (χ4v) is 4.72. The van der Waals surface area contributed by atoms with Crippen LogP contribution in [0.2, 0.25) is 5.15 Å². The smallest absolute Gasteiger partial charge is 0.274 e. The SMILES string of the molecule is CNc1nc(N)c(Cl)nc1C(=O)NC1CCCN(CCCc2ccc(OCC(=O)NCc3nccn3C)cc2)C1. The molecule has 0 aliphatic carbocycles. The van der Waals surface area contributed by atoms with Crippen molar-refractivity contribution in [3.8, 4) is 5.75 Å². The Balaban J connectivity index is 1.17. The molecule has 0 radical (unpaired) electrons. The van der Waals surface area contributed by atoms with E-state index in [1.54, 1.807) is 13.2 Å². The maximum Gasteiger partial charge on any atom is 0.274 e. The number of halogens is 1. The van der Waals surface area contributed by atoms with Gasteiger partial charge in [-0.2, -0.15) is 0 Å². The summed E-state index contributed by atoms with van der Waals surface area (Å²) in [6.45, 7) is 3.00. The molecule has 3 heterocycles. The zero-order chi connectivity index (χ0) is 28.5. The minimum atomic E-state index is -0.321. The largest absolute Gasteiger partial charge is 0.484 e. The molecule has 1 aliphatic heterocycles. The van der Waals surface area contributed by atoms with Crippen molar-refractivity contribution in [1.82, 2.24) is 35.1 Å². The van der Waals surface area contributed by atoms with E-state index < -0.39 is 0 Å². The first-order valence-electron chi connectivity index (χ1n) is 13.3. The molecular formula is C27H36ClN9O3. The number of likely N-dealkylation sites (tertiary alicyclic amines) is 1. The quantitative estimate of drug-likeness (QED) is 0.256. The minimum absolute atomic E-state index is 0.0102. The van der Waals surface area contributed by atoms with E-state index in [1.165, 1.54) is 5.56 Å².